The van der Waals surface area contributed by atoms with Crippen LogP contribution in [-0.2, 0) is 0 Å². The van der Waals surface area contributed by atoms with E-state index in [-0.39, 0.29) is 23.4 Å². The topological polar surface area (TPSA) is 52.2 Å². The van der Waals surface area contributed by atoms with Crippen LogP contribution in [-0.4, -0.2) is 5.97 Å². The van der Waals surface area contributed by atoms with Gasteiger partial charge in [-0.2, -0.15) is 0 Å². The third kappa shape index (κ3) is 2.36. The van der Waals surface area contributed by atoms with Gasteiger partial charge in [-0.05, 0) is 35.6 Å². The molecule has 1 heterocycles. The molecule has 2 aromatic rings. The van der Waals surface area contributed by atoms with Crippen molar-refractivity contribution in [2.75, 3.05) is 5.32 Å². The van der Waals surface area contributed by atoms with Crippen LogP contribution in [0, 0.1) is 5.92 Å². The first-order valence-electron chi connectivity index (χ1n) is 7.79. The number of aromatic carboxylic acids is 1. The van der Waals surface area contributed by atoms with E-state index >= 15 is 0 Å². The second-order valence-electron chi connectivity index (χ2n) is 6.17. The fourth-order valence-electron chi connectivity index (χ4n) is 3.89. The lowest BCUT2D eigenvalue weighted by Crippen LogP contribution is -2.33. The molecule has 0 saturated carbocycles. The quantitative estimate of drug-likeness (QED) is 0.761. The molecule has 1 aliphatic heterocycles. The summed E-state index contributed by atoms with van der Waals surface area (Å²) in [5.41, 5.74) is 2.81. The van der Waals surface area contributed by atoms with Crippen molar-refractivity contribution >= 4 is 39.2 Å². The molecular weight excluding hydrogens is 390 g/mol. The van der Waals surface area contributed by atoms with Crippen molar-refractivity contribution in [2.24, 2.45) is 5.92 Å². The van der Waals surface area contributed by atoms with Crippen molar-refractivity contribution < 1.29 is 9.90 Å². The Morgan fingerprint density at radius 1 is 1.25 bits per heavy atom. The number of rotatable bonds is 2. The van der Waals surface area contributed by atoms with E-state index in [1.807, 2.05) is 18.2 Å². The molecule has 3 nitrogen and oxygen atoms in total. The van der Waals surface area contributed by atoms with Gasteiger partial charge in [0.15, 0.2) is 0 Å². The molecule has 24 heavy (non-hydrogen) atoms. The fraction of sp³-hybridized carbons (Fsp3) is 0.211. The Morgan fingerprint density at radius 2 is 2.04 bits per heavy atom. The molecule has 0 radical (unpaired) electrons. The van der Waals surface area contributed by atoms with E-state index in [0.717, 1.165) is 22.0 Å². The standard InChI is InChI=1S/C19H15BrClNO2/c20-14-7-2-1-4-12(14)17-11-6-3-5-10(11)16-13(19(23)24)8-9-15(21)18(16)22-17/h1-5,7-11,17,22H,6H2,(H,23,24)/p-1/t10-,11+,17+/m0/s1. The molecule has 5 heteroatoms. The summed E-state index contributed by atoms with van der Waals surface area (Å²) < 4.78 is 1.03. The Kier molecular flexibility index (Phi) is 3.89. The number of nitrogens with one attached hydrogen (secondary N) is 1. The average Bonchev–Trinajstić information content (AvgIpc) is 3.05. The van der Waals surface area contributed by atoms with Gasteiger partial charge >= 0.3 is 0 Å². The van der Waals surface area contributed by atoms with Gasteiger partial charge in [0.25, 0.3) is 0 Å². The summed E-state index contributed by atoms with van der Waals surface area (Å²) in [5.74, 6) is -0.902. The fourth-order valence-corrected chi connectivity index (χ4v) is 4.64. The molecule has 0 unspecified atom stereocenters. The Morgan fingerprint density at radius 3 is 2.79 bits per heavy atom. The Hall–Kier alpha value is -1.78. The van der Waals surface area contributed by atoms with Crippen molar-refractivity contribution in [2.45, 2.75) is 18.4 Å². The predicted octanol–water partition coefficient (Wildman–Crippen LogP) is 4.29. The van der Waals surface area contributed by atoms with Crippen LogP contribution in [0.4, 0.5) is 5.69 Å². The first-order valence-corrected chi connectivity index (χ1v) is 8.96. The molecule has 0 fully saturated rings. The van der Waals surface area contributed by atoms with Gasteiger partial charge in [-0.15, -0.1) is 0 Å². The minimum absolute atomic E-state index is 0.0185. The summed E-state index contributed by atoms with van der Waals surface area (Å²) in [7, 11) is 0. The highest BCUT2D eigenvalue weighted by Gasteiger charge is 2.40. The number of carboxylic acids is 1. The van der Waals surface area contributed by atoms with Crippen LogP contribution in [0.15, 0.2) is 53.0 Å². The number of carbonyl (C=O) groups is 1. The lowest BCUT2D eigenvalue weighted by molar-refractivity contribution is -0.255. The zero-order valence-corrected chi connectivity index (χ0v) is 15.0. The summed E-state index contributed by atoms with van der Waals surface area (Å²) in [6.07, 6.45) is 5.11. The van der Waals surface area contributed by atoms with Gasteiger partial charge in [-0.25, -0.2) is 0 Å². The van der Waals surface area contributed by atoms with Gasteiger partial charge in [-0.1, -0.05) is 63.9 Å². The Labute approximate surface area is 153 Å². The van der Waals surface area contributed by atoms with E-state index in [1.165, 1.54) is 0 Å². The molecular formula is C19H14BrClNO2-. The largest absolute Gasteiger partial charge is 0.545 e. The second-order valence-corrected chi connectivity index (χ2v) is 7.43. The normalized spacial score (nSPS) is 24.2. The maximum Gasteiger partial charge on any atom is 0.0719 e. The minimum Gasteiger partial charge on any atom is -0.545 e. The van der Waals surface area contributed by atoms with Gasteiger partial charge in [-0.3, -0.25) is 0 Å². The summed E-state index contributed by atoms with van der Waals surface area (Å²) in [5, 5.41) is 15.6. The van der Waals surface area contributed by atoms with Crippen molar-refractivity contribution in [3.05, 3.63) is 74.7 Å². The minimum atomic E-state index is -1.16. The molecule has 1 N–H and O–H groups in total. The van der Waals surface area contributed by atoms with Crippen LogP contribution in [0.1, 0.15) is 39.9 Å². The Bertz CT molecular complexity index is 864. The highest BCUT2D eigenvalue weighted by atomic mass is 79.9. The van der Waals surface area contributed by atoms with Crippen molar-refractivity contribution in [1.29, 1.82) is 0 Å². The molecule has 0 amide bonds. The van der Waals surface area contributed by atoms with Gasteiger partial charge in [0, 0.05) is 16.0 Å². The van der Waals surface area contributed by atoms with E-state index in [9.17, 15) is 9.90 Å². The SMILES string of the molecule is O=C([O-])c1ccc(Cl)c2c1[C@H]1C=CC[C@H]1[C@H](c1ccccc1Br)N2. The third-order valence-corrected chi connectivity index (χ3v) is 5.97. The predicted molar refractivity (Wildman–Crippen MR) is 96.3 cm³/mol. The molecule has 4 rings (SSSR count). The van der Waals surface area contributed by atoms with Crippen molar-refractivity contribution in [3.63, 3.8) is 0 Å². The molecule has 0 bridgehead atoms. The van der Waals surface area contributed by atoms with Crippen LogP contribution in [0.3, 0.4) is 0 Å². The van der Waals surface area contributed by atoms with Gasteiger partial charge in [0.05, 0.1) is 22.7 Å². The molecule has 3 atom stereocenters. The molecule has 2 aromatic carbocycles. The highest BCUT2D eigenvalue weighted by molar-refractivity contribution is 9.10. The second kappa shape index (κ2) is 5.94. The van der Waals surface area contributed by atoms with Crippen LogP contribution in [0.25, 0.3) is 0 Å². The monoisotopic (exact) mass is 402 g/mol. The maximum absolute atomic E-state index is 11.6. The summed E-state index contributed by atoms with van der Waals surface area (Å²) in [4.78, 5) is 11.6. The number of fused-ring (bicyclic) bond motifs is 3. The molecule has 2 aliphatic rings. The van der Waals surface area contributed by atoms with Crippen molar-refractivity contribution in [1.82, 2.24) is 0 Å². The number of carbonyl (C=O) groups excluding carboxylic acids is 1. The van der Waals surface area contributed by atoms with E-state index in [0.29, 0.717) is 10.7 Å². The summed E-state index contributed by atoms with van der Waals surface area (Å²) in [6.45, 7) is 0. The molecule has 0 saturated heterocycles. The molecule has 122 valence electrons. The van der Waals surface area contributed by atoms with E-state index in [4.69, 9.17) is 11.6 Å². The summed E-state index contributed by atoms with van der Waals surface area (Å²) >= 11 is 10.0. The number of carboxylic acid groups (broad SMARTS) is 1. The third-order valence-electron chi connectivity index (χ3n) is 4.93. The highest BCUT2D eigenvalue weighted by Crippen LogP contribution is 2.53. The maximum atomic E-state index is 11.6. The van der Waals surface area contributed by atoms with Crippen LogP contribution in [0.2, 0.25) is 5.02 Å². The zero-order valence-electron chi connectivity index (χ0n) is 12.6. The molecule has 0 spiro atoms. The number of anilines is 1. The number of hydrogen-bond donors (Lipinski definition) is 1. The van der Waals surface area contributed by atoms with Crippen molar-refractivity contribution in [3.8, 4) is 0 Å². The van der Waals surface area contributed by atoms with Crippen LogP contribution < -0.4 is 10.4 Å². The molecule has 0 aromatic heterocycles. The first-order chi connectivity index (χ1) is 11.6. The number of allylic oxidation sites excluding steroid dienone is 2. The zero-order chi connectivity index (χ0) is 16.8. The first kappa shape index (κ1) is 15.7. The van der Waals surface area contributed by atoms with Crippen LogP contribution in [0.5, 0.6) is 0 Å². The lowest BCUT2D eigenvalue weighted by Gasteiger charge is -2.39. The smallest absolute Gasteiger partial charge is 0.0719 e. The average molecular weight is 404 g/mol. The van der Waals surface area contributed by atoms with Crippen LogP contribution >= 0.6 is 27.5 Å². The number of hydrogen-bond acceptors (Lipinski definition) is 3. The van der Waals surface area contributed by atoms with Gasteiger partial charge in [0.2, 0.25) is 0 Å². The molecule has 1 aliphatic carbocycles. The Balaban J connectivity index is 1.90. The van der Waals surface area contributed by atoms with E-state index < -0.39 is 5.97 Å². The number of benzene rings is 2. The lowest BCUT2D eigenvalue weighted by atomic mass is 9.75. The number of halogens is 2. The van der Waals surface area contributed by atoms with Gasteiger partial charge < -0.3 is 15.2 Å². The van der Waals surface area contributed by atoms with E-state index in [2.05, 4.69) is 39.5 Å². The van der Waals surface area contributed by atoms with Gasteiger partial charge in [0.1, 0.15) is 0 Å². The van der Waals surface area contributed by atoms with E-state index in [1.54, 1.807) is 12.1 Å². The summed E-state index contributed by atoms with van der Waals surface area (Å²) in [6, 6.07) is 11.3.